The van der Waals surface area contributed by atoms with E-state index in [1.54, 1.807) is 24.3 Å². The van der Waals surface area contributed by atoms with Crippen LogP contribution in [0.15, 0.2) is 60.7 Å². The van der Waals surface area contributed by atoms with Gasteiger partial charge in [0.05, 0.1) is 6.04 Å². The van der Waals surface area contributed by atoms with E-state index in [1.807, 2.05) is 36.4 Å². The molecule has 3 rings (SSSR count). The first-order valence-corrected chi connectivity index (χ1v) is 9.56. The second kappa shape index (κ2) is 10.3. The number of rotatable bonds is 10. The van der Waals surface area contributed by atoms with Gasteiger partial charge < -0.3 is 20.1 Å². The molecule has 0 radical (unpaired) electrons. The Morgan fingerprint density at radius 3 is 2.21 bits per heavy atom. The van der Waals surface area contributed by atoms with E-state index in [9.17, 15) is 14.4 Å². The standard InChI is InChI=1S/C22H24N2O5/c25-19(14-28-18-9-5-2-6-10-18)23-13-21(27)29-15-20(26)24-22(17-11-12-17)16-7-3-1-4-8-16/h1-10,17,22H,11-15H2,(H,23,25)(H,24,26). The minimum absolute atomic E-state index is 0.0720. The molecule has 0 aromatic heterocycles. The van der Waals surface area contributed by atoms with Crippen molar-refractivity contribution >= 4 is 17.8 Å². The van der Waals surface area contributed by atoms with Crippen LogP contribution in [0.25, 0.3) is 0 Å². The quantitative estimate of drug-likeness (QED) is 0.599. The Kier molecular flexibility index (Phi) is 7.22. The number of esters is 1. The Bertz CT molecular complexity index is 822. The SMILES string of the molecule is O=C(COc1ccccc1)NCC(=O)OCC(=O)NC(c1ccccc1)C1CC1. The van der Waals surface area contributed by atoms with Crippen molar-refractivity contribution in [2.75, 3.05) is 19.8 Å². The Labute approximate surface area is 169 Å². The van der Waals surface area contributed by atoms with E-state index < -0.39 is 11.9 Å². The lowest BCUT2D eigenvalue weighted by Gasteiger charge is -2.18. The molecule has 0 aliphatic heterocycles. The molecule has 2 amide bonds. The molecule has 0 spiro atoms. The van der Waals surface area contributed by atoms with E-state index in [2.05, 4.69) is 10.6 Å². The van der Waals surface area contributed by atoms with Crippen LogP contribution in [0.3, 0.4) is 0 Å². The first kappa shape index (κ1) is 20.4. The number of para-hydroxylation sites is 1. The van der Waals surface area contributed by atoms with Gasteiger partial charge in [-0.1, -0.05) is 48.5 Å². The number of benzene rings is 2. The van der Waals surface area contributed by atoms with Crippen molar-refractivity contribution in [2.24, 2.45) is 5.92 Å². The third kappa shape index (κ3) is 6.95. The molecule has 1 unspecified atom stereocenters. The topological polar surface area (TPSA) is 93.7 Å². The molecule has 2 aromatic carbocycles. The summed E-state index contributed by atoms with van der Waals surface area (Å²) in [6, 6.07) is 18.5. The van der Waals surface area contributed by atoms with Crippen LogP contribution < -0.4 is 15.4 Å². The summed E-state index contributed by atoms with van der Waals surface area (Å²) in [6.07, 6.45) is 2.13. The normalized spacial score (nSPS) is 13.8. The summed E-state index contributed by atoms with van der Waals surface area (Å²) in [7, 11) is 0. The van der Waals surface area contributed by atoms with Gasteiger partial charge in [-0.15, -0.1) is 0 Å². The van der Waals surface area contributed by atoms with Crippen LogP contribution >= 0.6 is 0 Å². The average Bonchev–Trinajstić information content (AvgIpc) is 3.59. The molecular formula is C22H24N2O5. The lowest BCUT2D eigenvalue weighted by molar-refractivity contribution is -0.148. The summed E-state index contributed by atoms with van der Waals surface area (Å²) in [5, 5.41) is 5.33. The fraction of sp³-hybridized carbons (Fsp3) is 0.318. The summed E-state index contributed by atoms with van der Waals surface area (Å²) in [5.74, 6) is -0.520. The summed E-state index contributed by atoms with van der Waals surface area (Å²) in [6.45, 7) is -0.918. The van der Waals surface area contributed by atoms with Gasteiger partial charge in [0.25, 0.3) is 11.8 Å². The van der Waals surface area contributed by atoms with Gasteiger partial charge in [-0.3, -0.25) is 14.4 Å². The monoisotopic (exact) mass is 396 g/mol. The van der Waals surface area contributed by atoms with E-state index in [-0.39, 0.29) is 31.7 Å². The molecule has 0 saturated heterocycles. The Morgan fingerprint density at radius 1 is 0.897 bits per heavy atom. The van der Waals surface area contributed by atoms with Gasteiger partial charge in [-0.2, -0.15) is 0 Å². The highest BCUT2D eigenvalue weighted by Crippen LogP contribution is 2.40. The van der Waals surface area contributed by atoms with Gasteiger partial charge in [0.2, 0.25) is 0 Å². The number of carbonyl (C=O) groups excluding carboxylic acids is 3. The third-order valence-electron chi connectivity index (χ3n) is 4.48. The molecule has 7 nitrogen and oxygen atoms in total. The highest BCUT2D eigenvalue weighted by atomic mass is 16.5. The zero-order chi connectivity index (χ0) is 20.5. The van der Waals surface area contributed by atoms with E-state index in [1.165, 1.54) is 0 Å². The van der Waals surface area contributed by atoms with E-state index in [4.69, 9.17) is 9.47 Å². The van der Waals surface area contributed by atoms with Crippen LogP contribution in [0.5, 0.6) is 5.75 Å². The molecule has 1 saturated carbocycles. The molecule has 1 atom stereocenters. The molecule has 1 aliphatic rings. The maximum absolute atomic E-state index is 12.2. The summed E-state index contributed by atoms with van der Waals surface area (Å²) < 4.78 is 10.2. The van der Waals surface area contributed by atoms with Crippen LogP contribution in [-0.4, -0.2) is 37.5 Å². The van der Waals surface area contributed by atoms with Crippen molar-refractivity contribution in [3.05, 3.63) is 66.2 Å². The molecule has 29 heavy (non-hydrogen) atoms. The minimum Gasteiger partial charge on any atom is -0.484 e. The Balaban J connectivity index is 1.34. The van der Waals surface area contributed by atoms with Gasteiger partial charge in [0.1, 0.15) is 12.3 Å². The highest BCUT2D eigenvalue weighted by Gasteiger charge is 2.33. The number of amides is 2. The fourth-order valence-electron chi connectivity index (χ4n) is 2.86. The van der Waals surface area contributed by atoms with E-state index in [0.29, 0.717) is 11.7 Å². The predicted octanol–water partition coefficient (Wildman–Crippen LogP) is 1.99. The second-order valence-corrected chi connectivity index (χ2v) is 6.83. The first-order chi connectivity index (χ1) is 14.1. The zero-order valence-corrected chi connectivity index (χ0v) is 16.0. The van der Waals surface area contributed by atoms with Gasteiger partial charge in [0.15, 0.2) is 13.2 Å². The molecule has 1 aliphatic carbocycles. The fourth-order valence-corrected chi connectivity index (χ4v) is 2.86. The number of hydrogen-bond acceptors (Lipinski definition) is 5. The summed E-state index contributed by atoms with van der Waals surface area (Å²) in [4.78, 5) is 35.7. The van der Waals surface area contributed by atoms with E-state index in [0.717, 1.165) is 18.4 Å². The summed E-state index contributed by atoms with van der Waals surface area (Å²) in [5.41, 5.74) is 1.04. The first-order valence-electron chi connectivity index (χ1n) is 9.56. The molecule has 152 valence electrons. The van der Waals surface area contributed by atoms with Gasteiger partial charge in [-0.25, -0.2) is 0 Å². The smallest absolute Gasteiger partial charge is 0.325 e. The lowest BCUT2D eigenvalue weighted by Crippen LogP contribution is -2.37. The van der Waals surface area contributed by atoms with Gasteiger partial charge >= 0.3 is 5.97 Å². The predicted molar refractivity (Wildman–Crippen MR) is 106 cm³/mol. The van der Waals surface area contributed by atoms with Crippen LogP contribution in [0.4, 0.5) is 0 Å². The third-order valence-corrected chi connectivity index (χ3v) is 4.48. The molecule has 1 fully saturated rings. The van der Waals surface area contributed by atoms with Crippen molar-refractivity contribution in [1.29, 1.82) is 0 Å². The van der Waals surface area contributed by atoms with Crippen LogP contribution in [0.2, 0.25) is 0 Å². The lowest BCUT2D eigenvalue weighted by atomic mass is 10.0. The molecule has 2 aromatic rings. The maximum Gasteiger partial charge on any atom is 0.325 e. The molecule has 0 heterocycles. The molecule has 2 N–H and O–H groups in total. The average molecular weight is 396 g/mol. The van der Waals surface area contributed by atoms with Crippen molar-refractivity contribution < 1.29 is 23.9 Å². The van der Waals surface area contributed by atoms with Gasteiger partial charge in [-0.05, 0) is 36.5 Å². The van der Waals surface area contributed by atoms with Crippen molar-refractivity contribution in [3.8, 4) is 5.75 Å². The Hall–Kier alpha value is -3.35. The van der Waals surface area contributed by atoms with Crippen molar-refractivity contribution in [2.45, 2.75) is 18.9 Å². The Morgan fingerprint density at radius 2 is 1.55 bits per heavy atom. The number of hydrogen-bond donors (Lipinski definition) is 2. The van der Waals surface area contributed by atoms with Crippen LogP contribution in [-0.2, 0) is 19.1 Å². The number of nitrogens with one attached hydrogen (secondary N) is 2. The van der Waals surface area contributed by atoms with E-state index >= 15 is 0 Å². The minimum atomic E-state index is -0.684. The van der Waals surface area contributed by atoms with Gasteiger partial charge in [0, 0.05) is 0 Å². The maximum atomic E-state index is 12.2. The summed E-state index contributed by atoms with van der Waals surface area (Å²) >= 11 is 0. The van der Waals surface area contributed by atoms with Crippen LogP contribution in [0, 0.1) is 5.92 Å². The van der Waals surface area contributed by atoms with Crippen molar-refractivity contribution in [1.82, 2.24) is 10.6 Å². The van der Waals surface area contributed by atoms with Crippen LogP contribution in [0.1, 0.15) is 24.4 Å². The molecule has 7 heteroatoms. The second-order valence-electron chi connectivity index (χ2n) is 6.83. The largest absolute Gasteiger partial charge is 0.484 e. The highest BCUT2D eigenvalue weighted by molar-refractivity contribution is 5.85. The zero-order valence-electron chi connectivity index (χ0n) is 16.0. The molecule has 0 bridgehead atoms. The molecular weight excluding hydrogens is 372 g/mol. The van der Waals surface area contributed by atoms with Crippen molar-refractivity contribution in [3.63, 3.8) is 0 Å². The number of carbonyl (C=O) groups is 3. The number of ether oxygens (including phenoxy) is 2.